The number of benzene rings is 1. The fourth-order valence-corrected chi connectivity index (χ4v) is 2.10. The molecule has 0 saturated heterocycles. The van der Waals surface area contributed by atoms with Crippen LogP contribution in [-0.4, -0.2) is 9.91 Å². The van der Waals surface area contributed by atoms with Gasteiger partial charge in [-0.2, -0.15) is 0 Å². The molecule has 5 nitrogen and oxygen atoms in total. The largest absolute Gasteiger partial charge is 0.383 e. The van der Waals surface area contributed by atoms with Crippen LogP contribution in [0.4, 0.5) is 11.5 Å². The van der Waals surface area contributed by atoms with Crippen molar-refractivity contribution in [3.8, 4) is 10.6 Å². The Morgan fingerprint density at radius 3 is 2.81 bits per heavy atom. The van der Waals surface area contributed by atoms with E-state index in [9.17, 15) is 10.1 Å². The molecular weight excluding hydrogens is 250 g/mol. The molecule has 7 heteroatoms. The van der Waals surface area contributed by atoms with Gasteiger partial charge in [-0.15, -0.1) is 11.3 Å². The van der Waals surface area contributed by atoms with Gasteiger partial charge in [-0.3, -0.25) is 10.1 Å². The van der Waals surface area contributed by atoms with Crippen molar-refractivity contribution in [1.29, 1.82) is 0 Å². The lowest BCUT2D eigenvalue weighted by Crippen LogP contribution is -1.90. The first-order chi connectivity index (χ1) is 7.58. The highest BCUT2D eigenvalue weighted by Gasteiger charge is 2.14. The average molecular weight is 256 g/mol. The highest BCUT2D eigenvalue weighted by molar-refractivity contribution is 7.13. The third kappa shape index (κ3) is 1.98. The van der Waals surface area contributed by atoms with Crippen LogP contribution in [0.25, 0.3) is 10.6 Å². The van der Waals surface area contributed by atoms with E-state index in [2.05, 4.69) is 4.98 Å². The van der Waals surface area contributed by atoms with E-state index in [1.54, 1.807) is 11.4 Å². The zero-order valence-corrected chi connectivity index (χ0v) is 9.46. The lowest BCUT2D eigenvalue weighted by atomic mass is 10.2. The van der Waals surface area contributed by atoms with Crippen LogP contribution in [0.2, 0.25) is 5.02 Å². The summed E-state index contributed by atoms with van der Waals surface area (Å²) in [7, 11) is 0. The Balaban J connectivity index is 2.51. The summed E-state index contributed by atoms with van der Waals surface area (Å²) in [6, 6.07) is 4.54. The molecule has 2 aromatic rings. The van der Waals surface area contributed by atoms with Crippen molar-refractivity contribution in [1.82, 2.24) is 4.98 Å². The van der Waals surface area contributed by atoms with E-state index in [-0.39, 0.29) is 10.7 Å². The van der Waals surface area contributed by atoms with E-state index in [0.29, 0.717) is 16.4 Å². The normalized spacial score (nSPS) is 10.3. The SMILES string of the molecule is Nc1csc(-c2ccc(Cl)c([N+](=O)[O-])c2)n1. The first-order valence-corrected chi connectivity index (χ1v) is 5.49. The van der Waals surface area contributed by atoms with Gasteiger partial charge in [0.2, 0.25) is 0 Å². The predicted molar refractivity (Wildman–Crippen MR) is 63.6 cm³/mol. The summed E-state index contributed by atoms with van der Waals surface area (Å²) in [4.78, 5) is 14.2. The molecule has 1 heterocycles. The Kier molecular flexibility index (Phi) is 2.76. The predicted octanol–water partition coefficient (Wildman–Crippen LogP) is 2.95. The number of nitrogens with zero attached hydrogens (tertiary/aromatic N) is 2. The number of nitro groups is 1. The fraction of sp³-hybridized carbons (Fsp3) is 0. The number of hydrogen-bond donors (Lipinski definition) is 1. The number of nitrogens with two attached hydrogens (primary N) is 1. The summed E-state index contributed by atoms with van der Waals surface area (Å²) in [6.07, 6.45) is 0. The number of nitro benzene ring substituents is 1. The van der Waals surface area contributed by atoms with Crippen molar-refractivity contribution in [3.63, 3.8) is 0 Å². The van der Waals surface area contributed by atoms with Gasteiger partial charge >= 0.3 is 0 Å². The first-order valence-electron chi connectivity index (χ1n) is 4.23. The molecule has 0 aliphatic heterocycles. The highest BCUT2D eigenvalue weighted by atomic mass is 35.5. The molecular formula is C9H6ClN3O2S. The third-order valence-corrected chi connectivity index (χ3v) is 3.14. The number of aromatic nitrogens is 1. The van der Waals surface area contributed by atoms with Crippen LogP contribution in [0, 0.1) is 10.1 Å². The summed E-state index contributed by atoms with van der Waals surface area (Å²) in [6.45, 7) is 0. The molecule has 2 N–H and O–H groups in total. The summed E-state index contributed by atoms with van der Waals surface area (Å²) in [5.74, 6) is 0.401. The minimum absolute atomic E-state index is 0.110. The van der Waals surface area contributed by atoms with Gasteiger partial charge in [-0.1, -0.05) is 11.6 Å². The van der Waals surface area contributed by atoms with Crippen LogP contribution in [0.3, 0.4) is 0 Å². The molecule has 1 aromatic carbocycles. The van der Waals surface area contributed by atoms with Crippen LogP contribution in [0.15, 0.2) is 23.6 Å². The molecule has 0 amide bonds. The minimum Gasteiger partial charge on any atom is -0.383 e. The van der Waals surface area contributed by atoms with Crippen LogP contribution >= 0.6 is 22.9 Å². The number of rotatable bonds is 2. The maximum atomic E-state index is 10.7. The van der Waals surface area contributed by atoms with E-state index in [1.165, 1.54) is 23.5 Å². The Bertz CT molecular complexity index is 555. The quantitative estimate of drug-likeness (QED) is 0.661. The molecule has 0 saturated carbocycles. The van der Waals surface area contributed by atoms with Crippen LogP contribution in [-0.2, 0) is 0 Å². The van der Waals surface area contributed by atoms with Crippen LogP contribution in [0.5, 0.6) is 0 Å². The van der Waals surface area contributed by atoms with Crippen molar-refractivity contribution < 1.29 is 4.92 Å². The van der Waals surface area contributed by atoms with Crippen molar-refractivity contribution in [2.24, 2.45) is 0 Å². The molecule has 0 bridgehead atoms. The standard InChI is InChI=1S/C9H6ClN3O2S/c10-6-2-1-5(3-7(6)13(14)15)9-12-8(11)4-16-9/h1-4H,11H2. The topological polar surface area (TPSA) is 82.0 Å². The Morgan fingerprint density at radius 2 is 2.25 bits per heavy atom. The lowest BCUT2D eigenvalue weighted by molar-refractivity contribution is -0.384. The molecule has 16 heavy (non-hydrogen) atoms. The number of halogens is 1. The van der Waals surface area contributed by atoms with Gasteiger partial charge in [0.1, 0.15) is 15.8 Å². The van der Waals surface area contributed by atoms with Gasteiger partial charge in [0.15, 0.2) is 0 Å². The Labute approximate surface area is 99.6 Å². The highest BCUT2D eigenvalue weighted by Crippen LogP contribution is 2.32. The maximum absolute atomic E-state index is 10.7. The van der Waals surface area contributed by atoms with E-state index < -0.39 is 4.92 Å². The molecule has 0 unspecified atom stereocenters. The van der Waals surface area contributed by atoms with Crippen molar-refractivity contribution in [2.45, 2.75) is 0 Å². The second kappa shape index (κ2) is 4.07. The van der Waals surface area contributed by atoms with Gasteiger partial charge in [0.05, 0.1) is 4.92 Å². The zero-order chi connectivity index (χ0) is 11.7. The summed E-state index contributed by atoms with van der Waals surface area (Å²) in [5, 5.41) is 13.1. The number of anilines is 1. The molecule has 0 atom stereocenters. The molecule has 0 spiro atoms. The second-order valence-electron chi connectivity index (χ2n) is 3.00. The molecule has 0 fully saturated rings. The van der Waals surface area contributed by atoms with E-state index >= 15 is 0 Å². The third-order valence-electron chi connectivity index (χ3n) is 1.91. The molecule has 82 valence electrons. The van der Waals surface area contributed by atoms with Crippen molar-refractivity contribution in [2.75, 3.05) is 5.73 Å². The Hall–Kier alpha value is -1.66. The second-order valence-corrected chi connectivity index (χ2v) is 4.27. The molecule has 0 aliphatic carbocycles. The van der Waals surface area contributed by atoms with Gasteiger partial charge in [0, 0.05) is 17.0 Å². The molecule has 0 aliphatic rings. The van der Waals surface area contributed by atoms with Crippen LogP contribution in [0.1, 0.15) is 0 Å². The molecule has 1 aromatic heterocycles. The average Bonchev–Trinajstić information content (AvgIpc) is 2.65. The fourth-order valence-electron chi connectivity index (χ4n) is 1.20. The summed E-state index contributed by atoms with van der Waals surface area (Å²) >= 11 is 7.03. The molecule has 0 radical (unpaired) electrons. The van der Waals surface area contributed by atoms with E-state index in [0.717, 1.165) is 0 Å². The minimum atomic E-state index is -0.525. The van der Waals surface area contributed by atoms with Gasteiger partial charge in [-0.05, 0) is 12.1 Å². The maximum Gasteiger partial charge on any atom is 0.288 e. The number of nitrogen functional groups attached to an aromatic ring is 1. The smallest absolute Gasteiger partial charge is 0.288 e. The van der Waals surface area contributed by atoms with Crippen molar-refractivity contribution in [3.05, 3.63) is 38.7 Å². The van der Waals surface area contributed by atoms with Crippen LogP contribution < -0.4 is 5.73 Å². The van der Waals surface area contributed by atoms with Gasteiger partial charge < -0.3 is 5.73 Å². The summed E-state index contributed by atoms with van der Waals surface area (Å²) < 4.78 is 0. The lowest BCUT2D eigenvalue weighted by Gasteiger charge is -1.98. The first kappa shape index (κ1) is 10.8. The van der Waals surface area contributed by atoms with Crippen molar-refractivity contribution >= 4 is 34.4 Å². The summed E-state index contributed by atoms with van der Waals surface area (Å²) in [5.41, 5.74) is 5.99. The van der Waals surface area contributed by atoms with E-state index in [4.69, 9.17) is 17.3 Å². The monoisotopic (exact) mass is 255 g/mol. The molecule has 2 rings (SSSR count). The number of hydrogen-bond acceptors (Lipinski definition) is 5. The Morgan fingerprint density at radius 1 is 1.50 bits per heavy atom. The van der Waals surface area contributed by atoms with Gasteiger partial charge in [-0.25, -0.2) is 4.98 Å². The zero-order valence-electron chi connectivity index (χ0n) is 7.88. The number of thiazole rings is 1. The van der Waals surface area contributed by atoms with E-state index in [1.807, 2.05) is 0 Å². The van der Waals surface area contributed by atoms with Gasteiger partial charge in [0.25, 0.3) is 5.69 Å².